The molecule has 3 nitrogen and oxygen atoms in total. The van der Waals surface area contributed by atoms with Crippen LogP contribution in [-0.4, -0.2) is 29.4 Å². The van der Waals surface area contributed by atoms with Crippen LogP contribution in [0.25, 0.3) is 0 Å². The van der Waals surface area contributed by atoms with E-state index in [2.05, 4.69) is 13.8 Å². The summed E-state index contributed by atoms with van der Waals surface area (Å²) in [7, 11) is 0. The molecule has 0 bridgehead atoms. The first-order chi connectivity index (χ1) is 7.00. The molecule has 3 atom stereocenters. The average molecular weight is 249 g/mol. The molecule has 3 unspecified atom stereocenters. The third-order valence-electron chi connectivity index (χ3n) is 3.25. The highest BCUT2D eigenvalue weighted by Crippen LogP contribution is 2.22. The zero-order valence-corrected chi connectivity index (χ0v) is 11.4. The summed E-state index contributed by atoms with van der Waals surface area (Å²) in [6.45, 7) is 7.25. The average Bonchev–Trinajstić information content (AvgIpc) is 2.18. The topological polar surface area (TPSA) is 46.3 Å². The summed E-state index contributed by atoms with van der Waals surface area (Å²) in [6.07, 6.45) is 3.80. The van der Waals surface area contributed by atoms with Gasteiger partial charge in [-0.25, -0.2) is 0 Å². The standard InChI is InChI=1S/C12H24N2O.ClH/c1-9-4-6-11(3)14(8-9)12(15)7-5-10(2)13;/h9-11H,4-8,13H2,1-3H3;1H. The zero-order chi connectivity index (χ0) is 11.4. The number of carbonyl (C=O) groups is 1. The Morgan fingerprint density at radius 1 is 1.44 bits per heavy atom. The Morgan fingerprint density at radius 2 is 2.06 bits per heavy atom. The molecule has 0 aliphatic carbocycles. The van der Waals surface area contributed by atoms with E-state index >= 15 is 0 Å². The van der Waals surface area contributed by atoms with Crippen LogP contribution in [0, 0.1) is 5.92 Å². The Hall–Kier alpha value is -0.280. The SMILES string of the molecule is CC(N)CCC(=O)N1CC(C)CCC1C.Cl. The fourth-order valence-corrected chi connectivity index (χ4v) is 2.13. The van der Waals surface area contributed by atoms with E-state index in [1.54, 1.807) is 0 Å². The molecule has 0 aromatic carbocycles. The van der Waals surface area contributed by atoms with Gasteiger partial charge in [-0.1, -0.05) is 6.92 Å². The number of carbonyl (C=O) groups excluding carboxylic acids is 1. The van der Waals surface area contributed by atoms with Crippen LogP contribution in [0.3, 0.4) is 0 Å². The minimum atomic E-state index is 0. The summed E-state index contributed by atoms with van der Waals surface area (Å²) in [5, 5.41) is 0. The molecule has 0 spiro atoms. The molecule has 4 heteroatoms. The fourth-order valence-electron chi connectivity index (χ4n) is 2.13. The molecule has 96 valence electrons. The molecule has 1 rings (SSSR count). The van der Waals surface area contributed by atoms with Crippen molar-refractivity contribution < 1.29 is 4.79 Å². The van der Waals surface area contributed by atoms with E-state index in [0.717, 1.165) is 19.4 Å². The minimum Gasteiger partial charge on any atom is -0.340 e. The monoisotopic (exact) mass is 248 g/mol. The van der Waals surface area contributed by atoms with Gasteiger partial charge in [-0.2, -0.15) is 0 Å². The van der Waals surface area contributed by atoms with Crippen LogP contribution in [0.2, 0.25) is 0 Å². The van der Waals surface area contributed by atoms with Crippen molar-refractivity contribution in [2.24, 2.45) is 11.7 Å². The van der Waals surface area contributed by atoms with E-state index in [4.69, 9.17) is 5.73 Å². The van der Waals surface area contributed by atoms with Crippen LogP contribution >= 0.6 is 12.4 Å². The molecule has 16 heavy (non-hydrogen) atoms. The van der Waals surface area contributed by atoms with Crippen molar-refractivity contribution in [3.05, 3.63) is 0 Å². The normalized spacial score (nSPS) is 27.1. The third kappa shape index (κ3) is 4.71. The highest BCUT2D eigenvalue weighted by molar-refractivity contribution is 5.85. The predicted octanol–water partition coefficient (Wildman–Crippen LogP) is 2.18. The summed E-state index contributed by atoms with van der Waals surface area (Å²) in [5.41, 5.74) is 5.66. The minimum absolute atomic E-state index is 0. The largest absolute Gasteiger partial charge is 0.340 e. The lowest BCUT2D eigenvalue weighted by atomic mass is 9.94. The van der Waals surface area contributed by atoms with Gasteiger partial charge >= 0.3 is 0 Å². The van der Waals surface area contributed by atoms with Crippen LogP contribution in [0.5, 0.6) is 0 Å². The van der Waals surface area contributed by atoms with E-state index in [1.165, 1.54) is 6.42 Å². The van der Waals surface area contributed by atoms with Crippen molar-refractivity contribution in [1.29, 1.82) is 0 Å². The van der Waals surface area contributed by atoms with Crippen molar-refractivity contribution >= 4 is 18.3 Å². The quantitative estimate of drug-likeness (QED) is 0.832. The first kappa shape index (κ1) is 15.7. The smallest absolute Gasteiger partial charge is 0.222 e. The summed E-state index contributed by atoms with van der Waals surface area (Å²) < 4.78 is 0. The second-order valence-electron chi connectivity index (χ2n) is 5.09. The Balaban J connectivity index is 0.00000225. The Morgan fingerprint density at radius 3 is 2.62 bits per heavy atom. The van der Waals surface area contributed by atoms with Crippen molar-refractivity contribution in [2.75, 3.05) is 6.54 Å². The first-order valence-electron chi connectivity index (χ1n) is 6.05. The highest BCUT2D eigenvalue weighted by Gasteiger charge is 2.26. The number of piperidine rings is 1. The Bertz CT molecular complexity index is 221. The molecule has 2 N–H and O–H groups in total. The molecule has 1 aliphatic rings. The number of nitrogens with zero attached hydrogens (tertiary/aromatic N) is 1. The number of hydrogen-bond acceptors (Lipinski definition) is 2. The van der Waals surface area contributed by atoms with Crippen LogP contribution in [0.15, 0.2) is 0 Å². The van der Waals surface area contributed by atoms with Crippen molar-refractivity contribution in [2.45, 2.75) is 58.5 Å². The lowest BCUT2D eigenvalue weighted by Gasteiger charge is -2.37. The summed E-state index contributed by atoms with van der Waals surface area (Å²) in [4.78, 5) is 14.0. The van der Waals surface area contributed by atoms with Crippen LogP contribution in [0.1, 0.15) is 46.5 Å². The molecule has 1 heterocycles. The molecule has 0 radical (unpaired) electrons. The summed E-state index contributed by atoms with van der Waals surface area (Å²) in [6, 6.07) is 0.549. The maximum absolute atomic E-state index is 11.9. The van der Waals surface area contributed by atoms with E-state index in [-0.39, 0.29) is 24.4 Å². The van der Waals surface area contributed by atoms with Crippen molar-refractivity contribution in [1.82, 2.24) is 4.90 Å². The number of halogens is 1. The maximum atomic E-state index is 11.9. The maximum Gasteiger partial charge on any atom is 0.222 e. The Kier molecular flexibility index (Phi) is 7.00. The second-order valence-corrected chi connectivity index (χ2v) is 5.09. The van der Waals surface area contributed by atoms with Gasteiger partial charge in [-0.05, 0) is 39.0 Å². The highest BCUT2D eigenvalue weighted by atomic mass is 35.5. The fraction of sp³-hybridized carbons (Fsp3) is 0.917. The van der Waals surface area contributed by atoms with E-state index in [1.807, 2.05) is 11.8 Å². The van der Waals surface area contributed by atoms with Gasteiger partial charge < -0.3 is 10.6 Å². The number of likely N-dealkylation sites (tertiary alicyclic amines) is 1. The van der Waals surface area contributed by atoms with Gasteiger partial charge in [0.1, 0.15) is 0 Å². The van der Waals surface area contributed by atoms with Crippen LogP contribution in [0.4, 0.5) is 0 Å². The van der Waals surface area contributed by atoms with Crippen molar-refractivity contribution in [3.8, 4) is 0 Å². The second kappa shape index (κ2) is 7.13. The number of rotatable bonds is 3. The number of nitrogens with two attached hydrogens (primary N) is 1. The molecule has 0 aromatic heterocycles. The van der Waals surface area contributed by atoms with Gasteiger partial charge in [0.2, 0.25) is 5.91 Å². The number of hydrogen-bond donors (Lipinski definition) is 1. The lowest BCUT2D eigenvalue weighted by Crippen LogP contribution is -2.45. The summed E-state index contributed by atoms with van der Waals surface area (Å²) >= 11 is 0. The van der Waals surface area contributed by atoms with Gasteiger partial charge in [-0.15, -0.1) is 12.4 Å². The molecule has 1 saturated heterocycles. The van der Waals surface area contributed by atoms with Gasteiger partial charge in [0.25, 0.3) is 0 Å². The van der Waals surface area contributed by atoms with Gasteiger partial charge in [0, 0.05) is 25.0 Å². The summed E-state index contributed by atoms with van der Waals surface area (Å²) in [5.74, 6) is 0.937. The molecule has 0 aromatic rings. The van der Waals surface area contributed by atoms with Gasteiger partial charge in [0.15, 0.2) is 0 Å². The first-order valence-corrected chi connectivity index (χ1v) is 6.05. The van der Waals surface area contributed by atoms with Crippen molar-refractivity contribution in [3.63, 3.8) is 0 Å². The Labute approximate surface area is 105 Å². The molecular formula is C12H25ClN2O. The van der Waals surface area contributed by atoms with E-state index in [9.17, 15) is 4.79 Å². The van der Waals surface area contributed by atoms with Crippen LogP contribution < -0.4 is 5.73 Å². The molecule has 0 saturated carbocycles. The molecule has 1 aliphatic heterocycles. The van der Waals surface area contributed by atoms with Gasteiger partial charge in [0.05, 0.1) is 0 Å². The van der Waals surface area contributed by atoms with Gasteiger partial charge in [-0.3, -0.25) is 4.79 Å². The van der Waals surface area contributed by atoms with E-state index in [0.29, 0.717) is 18.4 Å². The third-order valence-corrected chi connectivity index (χ3v) is 3.25. The molecule has 1 fully saturated rings. The zero-order valence-electron chi connectivity index (χ0n) is 10.6. The molecular weight excluding hydrogens is 224 g/mol. The van der Waals surface area contributed by atoms with E-state index < -0.39 is 0 Å². The number of amides is 1. The molecule has 1 amide bonds. The predicted molar refractivity (Wildman–Crippen MR) is 69.7 cm³/mol. The van der Waals surface area contributed by atoms with Crippen LogP contribution in [-0.2, 0) is 4.79 Å². The lowest BCUT2D eigenvalue weighted by molar-refractivity contribution is -0.135.